The van der Waals surface area contributed by atoms with Crippen LogP contribution in [0.15, 0.2) is 29.2 Å². The molecule has 5 heteroatoms. The normalized spacial score (nSPS) is 17.2. The van der Waals surface area contributed by atoms with Gasteiger partial charge in [-0.25, -0.2) is 0 Å². The molecule has 2 N–H and O–H groups in total. The van der Waals surface area contributed by atoms with Gasteiger partial charge in [0.05, 0.1) is 18.3 Å². The van der Waals surface area contributed by atoms with Crippen molar-refractivity contribution in [3.63, 3.8) is 0 Å². The van der Waals surface area contributed by atoms with Gasteiger partial charge in [-0.15, -0.1) is 11.8 Å². The van der Waals surface area contributed by atoms with Gasteiger partial charge in [0.15, 0.2) is 0 Å². The van der Waals surface area contributed by atoms with Crippen molar-refractivity contribution in [2.45, 2.75) is 16.1 Å². The number of ether oxygens (including phenoxy) is 1. The van der Waals surface area contributed by atoms with E-state index in [9.17, 15) is 4.79 Å². The van der Waals surface area contributed by atoms with Gasteiger partial charge in [0.2, 0.25) is 0 Å². The van der Waals surface area contributed by atoms with Crippen LogP contribution in [0.25, 0.3) is 0 Å². The van der Waals surface area contributed by atoms with Crippen LogP contribution in [0.1, 0.15) is 6.42 Å². The number of hydrogen-bond donors (Lipinski definition) is 2. The van der Waals surface area contributed by atoms with Crippen LogP contribution in [-0.4, -0.2) is 36.0 Å². The maximum Gasteiger partial charge on any atom is 0.304 e. The lowest BCUT2D eigenvalue weighted by Gasteiger charge is -2.40. The molecule has 0 unspecified atom stereocenters. The van der Waals surface area contributed by atoms with E-state index in [0.717, 1.165) is 23.7 Å². The Morgan fingerprint density at radius 1 is 1.59 bits per heavy atom. The molecule has 0 saturated carbocycles. The number of methoxy groups -OCH3 is 1. The van der Waals surface area contributed by atoms with E-state index in [1.165, 1.54) is 0 Å². The van der Waals surface area contributed by atoms with Crippen molar-refractivity contribution in [2.24, 2.45) is 0 Å². The number of rotatable bonds is 5. The summed E-state index contributed by atoms with van der Waals surface area (Å²) >= 11 is 1.61. The van der Waals surface area contributed by atoms with Crippen LogP contribution < -0.4 is 10.1 Å². The van der Waals surface area contributed by atoms with Crippen LogP contribution >= 0.6 is 11.8 Å². The Bertz CT molecular complexity index is 418. The minimum atomic E-state index is -0.748. The Morgan fingerprint density at radius 2 is 2.35 bits per heavy atom. The van der Waals surface area contributed by atoms with Gasteiger partial charge in [0.25, 0.3) is 0 Å². The number of carboxylic acids is 1. The lowest BCUT2D eigenvalue weighted by molar-refractivity contribution is -0.138. The summed E-state index contributed by atoms with van der Waals surface area (Å²) in [6, 6.07) is 7.72. The molecule has 1 fully saturated rings. The Kier molecular flexibility index (Phi) is 3.59. The van der Waals surface area contributed by atoms with Crippen LogP contribution in [0.3, 0.4) is 0 Å². The second-order valence-electron chi connectivity index (χ2n) is 4.14. The smallest absolute Gasteiger partial charge is 0.304 e. The Balaban J connectivity index is 2.09. The largest absolute Gasteiger partial charge is 0.497 e. The molecule has 1 aliphatic heterocycles. The van der Waals surface area contributed by atoms with Crippen molar-refractivity contribution < 1.29 is 14.6 Å². The molecular formula is C12H15NO3S. The SMILES string of the molecule is COc1cccc(SC2(CC(=O)O)CNC2)c1. The first-order valence-electron chi connectivity index (χ1n) is 5.39. The fourth-order valence-electron chi connectivity index (χ4n) is 1.83. The van der Waals surface area contributed by atoms with Crippen molar-refractivity contribution in [2.75, 3.05) is 20.2 Å². The molecule has 4 nitrogen and oxygen atoms in total. The lowest BCUT2D eigenvalue weighted by atomic mass is 9.98. The van der Waals surface area contributed by atoms with E-state index in [4.69, 9.17) is 9.84 Å². The van der Waals surface area contributed by atoms with E-state index in [-0.39, 0.29) is 11.2 Å². The quantitative estimate of drug-likeness (QED) is 0.834. The molecule has 1 saturated heterocycles. The van der Waals surface area contributed by atoms with E-state index in [1.807, 2.05) is 24.3 Å². The number of benzene rings is 1. The van der Waals surface area contributed by atoms with Gasteiger partial charge < -0.3 is 15.2 Å². The molecule has 0 spiro atoms. The summed E-state index contributed by atoms with van der Waals surface area (Å²) in [5.74, 6) is 0.0506. The molecule has 0 bridgehead atoms. The zero-order chi connectivity index (χ0) is 12.3. The van der Waals surface area contributed by atoms with Gasteiger partial charge in [-0.3, -0.25) is 4.79 Å². The van der Waals surface area contributed by atoms with Gasteiger partial charge in [-0.05, 0) is 18.2 Å². The number of aliphatic carboxylic acids is 1. The van der Waals surface area contributed by atoms with Gasteiger partial charge in [0, 0.05) is 18.0 Å². The molecule has 0 atom stereocenters. The average molecular weight is 253 g/mol. The fourth-order valence-corrected chi connectivity index (χ4v) is 3.19. The van der Waals surface area contributed by atoms with Gasteiger partial charge >= 0.3 is 5.97 Å². The predicted octanol–water partition coefficient (Wildman–Crippen LogP) is 1.60. The molecule has 2 rings (SSSR count). The molecule has 0 amide bonds. The molecule has 1 aliphatic rings. The predicted molar refractivity (Wildman–Crippen MR) is 66.7 cm³/mol. The monoisotopic (exact) mass is 253 g/mol. The summed E-state index contributed by atoms with van der Waals surface area (Å²) in [5, 5.41) is 12.1. The molecule has 1 heterocycles. The van der Waals surface area contributed by atoms with Crippen LogP contribution in [0.5, 0.6) is 5.75 Å². The number of carbonyl (C=O) groups is 1. The number of thioether (sulfide) groups is 1. The summed E-state index contributed by atoms with van der Waals surface area (Å²) in [6.45, 7) is 1.47. The van der Waals surface area contributed by atoms with Crippen LogP contribution in [0, 0.1) is 0 Å². The highest BCUT2D eigenvalue weighted by Gasteiger charge is 2.40. The third kappa shape index (κ3) is 2.92. The first-order chi connectivity index (χ1) is 8.13. The van der Waals surface area contributed by atoms with Crippen LogP contribution in [0.2, 0.25) is 0 Å². The standard InChI is InChI=1S/C12H15NO3S/c1-16-9-3-2-4-10(5-9)17-12(6-11(14)15)7-13-8-12/h2-5,13H,6-8H2,1H3,(H,14,15). The molecule has 0 radical (unpaired) electrons. The van der Waals surface area contributed by atoms with Crippen LogP contribution in [0.4, 0.5) is 0 Å². The second kappa shape index (κ2) is 4.98. The van der Waals surface area contributed by atoms with Crippen molar-refractivity contribution in [3.05, 3.63) is 24.3 Å². The molecule has 0 aliphatic carbocycles. The average Bonchev–Trinajstić information content (AvgIpc) is 2.26. The number of carboxylic acid groups (broad SMARTS) is 1. The number of hydrogen-bond acceptors (Lipinski definition) is 4. The van der Waals surface area contributed by atoms with Gasteiger partial charge in [-0.1, -0.05) is 6.07 Å². The minimum absolute atomic E-state index is 0.182. The molecule has 1 aromatic rings. The highest BCUT2D eigenvalue weighted by atomic mass is 32.2. The highest BCUT2D eigenvalue weighted by molar-refractivity contribution is 8.00. The summed E-state index contributed by atoms with van der Waals surface area (Å²) in [7, 11) is 1.63. The highest BCUT2D eigenvalue weighted by Crippen LogP contribution is 2.39. The lowest BCUT2D eigenvalue weighted by Crippen LogP contribution is -2.57. The topological polar surface area (TPSA) is 58.6 Å². The molecule has 1 aromatic carbocycles. The Morgan fingerprint density at radius 3 is 2.88 bits per heavy atom. The van der Waals surface area contributed by atoms with Crippen molar-refractivity contribution in [3.8, 4) is 5.75 Å². The molecule has 0 aromatic heterocycles. The van der Waals surface area contributed by atoms with E-state index >= 15 is 0 Å². The van der Waals surface area contributed by atoms with E-state index in [1.54, 1.807) is 18.9 Å². The minimum Gasteiger partial charge on any atom is -0.497 e. The third-order valence-corrected chi connectivity index (χ3v) is 4.10. The maximum absolute atomic E-state index is 10.9. The fraction of sp³-hybridized carbons (Fsp3) is 0.417. The van der Waals surface area contributed by atoms with Crippen molar-refractivity contribution in [1.82, 2.24) is 5.32 Å². The zero-order valence-corrected chi connectivity index (χ0v) is 10.4. The second-order valence-corrected chi connectivity index (χ2v) is 5.68. The summed E-state index contributed by atoms with van der Waals surface area (Å²) in [5.41, 5.74) is 0. The van der Waals surface area contributed by atoms with Crippen molar-refractivity contribution in [1.29, 1.82) is 0 Å². The van der Waals surface area contributed by atoms with E-state index < -0.39 is 5.97 Å². The first kappa shape index (κ1) is 12.3. The van der Waals surface area contributed by atoms with Crippen LogP contribution in [-0.2, 0) is 4.79 Å². The zero-order valence-electron chi connectivity index (χ0n) is 9.60. The van der Waals surface area contributed by atoms with Gasteiger partial charge in [-0.2, -0.15) is 0 Å². The molecular weight excluding hydrogens is 238 g/mol. The summed E-state index contributed by atoms with van der Waals surface area (Å²) < 4.78 is 4.95. The summed E-state index contributed by atoms with van der Waals surface area (Å²) in [6.07, 6.45) is 0.182. The maximum atomic E-state index is 10.9. The van der Waals surface area contributed by atoms with Crippen molar-refractivity contribution >= 4 is 17.7 Å². The molecule has 17 heavy (non-hydrogen) atoms. The van der Waals surface area contributed by atoms with Gasteiger partial charge in [0.1, 0.15) is 5.75 Å². The van der Waals surface area contributed by atoms with E-state index in [0.29, 0.717) is 0 Å². The summed E-state index contributed by atoms with van der Waals surface area (Å²) in [4.78, 5) is 11.9. The Labute approximate surface area is 104 Å². The molecule has 92 valence electrons. The Hall–Kier alpha value is -1.20. The third-order valence-electron chi connectivity index (χ3n) is 2.74. The number of nitrogens with one attached hydrogen (secondary N) is 1. The first-order valence-corrected chi connectivity index (χ1v) is 6.21. The van der Waals surface area contributed by atoms with E-state index in [2.05, 4.69) is 5.32 Å².